The summed E-state index contributed by atoms with van der Waals surface area (Å²) in [6.45, 7) is 20.5. The molecule has 0 aromatic heterocycles. The first-order chi connectivity index (χ1) is 31.8. The second-order valence-electron chi connectivity index (χ2n) is 22.6. The van der Waals surface area contributed by atoms with Crippen LogP contribution < -0.4 is 15.3 Å². The van der Waals surface area contributed by atoms with Gasteiger partial charge in [0, 0.05) is 39.0 Å². The third-order valence-electron chi connectivity index (χ3n) is 17.8. The van der Waals surface area contributed by atoms with Gasteiger partial charge in [0.2, 0.25) is 0 Å². The predicted octanol–water partition coefficient (Wildman–Crippen LogP) is 13.8. The highest BCUT2D eigenvalue weighted by atomic mass is 15.2. The van der Waals surface area contributed by atoms with E-state index < -0.39 is 0 Å². The Labute approximate surface area is 392 Å². The van der Waals surface area contributed by atoms with Gasteiger partial charge in [-0.3, -0.25) is 0 Å². The Morgan fingerprint density at radius 2 is 1.17 bits per heavy atom. The molecule has 0 saturated carbocycles. The van der Waals surface area contributed by atoms with E-state index in [-0.39, 0.29) is 33.6 Å². The van der Waals surface area contributed by atoms with Crippen LogP contribution in [-0.4, -0.2) is 6.04 Å². The smallest absolute Gasteiger partial charge is 0.0600 e. The molecule has 6 aromatic carbocycles. The van der Waals surface area contributed by atoms with Crippen molar-refractivity contribution in [1.82, 2.24) is 0 Å². The number of benzene rings is 6. The molecule has 1 heteroatoms. The zero-order valence-electron chi connectivity index (χ0n) is 40.1. The van der Waals surface area contributed by atoms with Crippen LogP contribution in [0.25, 0.3) is 11.1 Å². The summed E-state index contributed by atoms with van der Waals surface area (Å²) < 4.78 is 0. The molecule has 0 amide bonds. The number of hydrogen-bond acceptors (Lipinski definition) is 1. The molecule has 7 aliphatic carbocycles. The molecule has 2 unspecified atom stereocenters. The van der Waals surface area contributed by atoms with Gasteiger partial charge in [0.25, 0.3) is 0 Å². The summed E-state index contributed by atoms with van der Waals surface area (Å²) in [4.78, 5) is 2.81. The van der Waals surface area contributed by atoms with Crippen molar-refractivity contribution in [2.45, 2.75) is 121 Å². The highest BCUT2D eigenvalue weighted by Crippen LogP contribution is 2.62. The van der Waals surface area contributed by atoms with Crippen LogP contribution in [0.5, 0.6) is 0 Å². The number of para-hydroxylation sites is 1. The Hall–Kier alpha value is -6.18. The minimum absolute atomic E-state index is 0.128. The lowest BCUT2D eigenvalue weighted by Gasteiger charge is -2.50. The lowest BCUT2D eigenvalue weighted by molar-refractivity contribution is 0.496. The lowest BCUT2D eigenvalue weighted by atomic mass is 9.55. The fraction of sp³-hybridized carbons (Fsp3) is 0.292. The Morgan fingerprint density at radius 3 is 1.82 bits per heavy atom. The molecular formula is C65H61N. The van der Waals surface area contributed by atoms with Crippen LogP contribution in [0.15, 0.2) is 180 Å². The predicted molar refractivity (Wildman–Crippen MR) is 275 cm³/mol. The van der Waals surface area contributed by atoms with Crippen LogP contribution in [0.3, 0.4) is 0 Å². The van der Waals surface area contributed by atoms with Crippen molar-refractivity contribution in [2.75, 3.05) is 4.90 Å². The Morgan fingerprint density at radius 1 is 0.576 bits per heavy atom. The molecule has 13 rings (SSSR count). The third kappa shape index (κ3) is 5.18. The molecule has 0 spiro atoms. The van der Waals surface area contributed by atoms with Crippen molar-refractivity contribution in [2.24, 2.45) is 0 Å². The topological polar surface area (TPSA) is 3.24 Å². The van der Waals surface area contributed by atoms with E-state index in [1.54, 1.807) is 38.6 Å². The molecule has 0 saturated heterocycles. The summed E-state index contributed by atoms with van der Waals surface area (Å²) in [7, 11) is 0. The minimum atomic E-state index is -0.260. The van der Waals surface area contributed by atoms with E-state index in [1.807, 2.05) is 0 Å². The van der Waals surface area contributed by atoms with Crippen molar-refractivity contribution in [3.05, 3.63) is 251 Å². The van der Waals surface area contributed by atoms with Crippen LogP contribution in [-0.2, 0) is 28.1 Å². The van der Waals surface area contributed by atoms with Gasteiger partial charge in [-0.1, -0.05) is 194 Å². The SMILES string of the molecule is CC1(C)C2=C3CC4=C(CC2N(C2=CC=CCC2)c2ccccc2)C(C)(C)c2cccc5c2C4=c2c(c(C(Cc4ccccc4)c4ccccc4)cc4c2=C3c2c1cccc2C4(C)C)C5(C)C. The maximum atomic E-state index is 2.81. The van der Waals surface area contributed by atoms with Crippen molar-refractivity contribution in [3.63, 3.8) is 0 Å². The van der Waals surface area contributed by atoms with Gasteiger partial charge in [0.05, 0.1) is 6.04 Å². The average Bonchev–Trinajstić information content (AvgIpc) is 3.59. The van der Waals surface area contributed by atoms with E-state index in [4.69, 9.17) is 0 Å². The first-order valence-corrected chi connectivity index (χ1v) is 24.8. The maximum absolute atomic E-state index is 2.81. The zero-order chi connectivity index (χ0) is 45.1. The molecule has 66 heavy (non-hydrogen) atoms. The second-order valence-corrected chi connectivity index (χ2v) is 22.6. The number of hydrogen-bond donors (Lipinski definition) is 0. The van der Waals surface area contributed by atoms with Crippen LogP contribution >= 0.6 is 0 Å². The summed E-state index contributed by atoms with van der Waals surface area (Å²) >= 11 is 0. The van der Waals surface area contributed by atoms with Gasteiger partial charge in [-0.2, -0.15) is 0 Å². The van der Waals surface area contributed by atoms with Crippen LogP contribution in [0.4, 0.5) is 5.69 Å². The number of allylic oxidation sites excluding steroid dienone is 6. The quantitative estimate of drug-likeness (QED) is 0.155. The summed E-state index contributed by atoms with van der Waals surface area (Å²) in [5, 5.41) is 3.07. The minimum Gasteiger partial charge on any atom is -0.338 e. The van der Waals surface area contributed by atoms with Gasteiger partial charge in [0.1, 0.15) is 0 Å². The highest BCUT2D eigenvalue weighted by molar-refractivity contribution is 5.99. The highest BCUT2D eigenvalue weighted by Gasteiger charge is 2.54. The van der Waals surface area contributed by atoms with Gasteiger partial charge in [-0.15, -0.1) is 0 Å². The number of anilines is 1. The first kappa shape index (κ1) is 40.1. The summed E-state index contributed by atoms with van der Waals surface area (Å²) in [5.41, 5.74) is 27.6. The van der Waals surface area contributed by atoms with Crippen molar-refractivity contribution in [1.29, 1.82) is 0 Å². The standard InChI is InChI=1S/C65H61N/c1-62(2)47-31-21-34-50-56(47)54-45-36-46-55-57-48(32-22-33-49(57)64(5,6)60(46)53(38-51(45)62)66(41-27-17-11-18-28-41)42-29-19-12-20-30-42)63(3,4)52-37-44(61(65(50,7)8)59(54)58(52)55)43(40-25-15-10-16-26-40)35-39-23-13-9-14-24-39/h9-19,21-29,31-34,37,43,53H,20,30,35-36,38H2,1-8H3. The Balaban J connectivity index is 1.27. The van der Waals surface area contributed by atoms with Gasteiger partial charge in [-0.05, 0) is 150 Å². The molecule has 2 bridgehead atoms. The molecule has 0 aliphatic heterocycles. The lowest BCUT2D eigenvalue weighted by Crippen LogP contribution is -2.53. The van der Waals surface area contributed by atoms with Crippen LogP contribution in [0.2, 0.25) is 0 Å². The van der Waals surface area contributed by atoms with Crippen molar-refractivity contribution >= 4 is 16.8 Å². The monoisotopic (exact) mass is 855 g/mol. The molecular weight excluding hydrogens is 795 g/mol. The molecule has 1 nitrogen and oxygen atoms in total. The number of rotatable bonds is 7. The largest absolute Gasteiger partial charge is 0.338 e. The molecule has 0 fully saturated rings. The molecule has 326 valence electrons. The summed E-state index contributed by atoms with van der Waals surface area (Å²) in [5.74, 6) is 0.170. The molecule has 7 aliphatic rings. The average molecular weight is 856 g/mol. The summed E-state index contributed by atoms with van der Waals surface area (Å²) in [6, 6.07) is 51.9. The second kappa shape index (κ2) is 13.7. The van der Waals surface area contributed by atoms with Gasteiger partial charge >= 0.3 is 0 Å². The Bertz CT molecular complexity index is 3360. The molecule has 0 heterocycles. The molecule has 0 N–H and O–H groups in total. The third-order valence-corrected chi connectivity index (χ3v) is 17.8. The van der Waals surface area contributed by atoms with Crippen molar-refractivity contribution in [3.8, 4) is 0 Å². The number of nitrogens with zero attached hydrogens (tertiary/aromatic N) is 1. The van der Waals surface area contributed by atoms with Gasteiger partial charge in [0.15, 0.2) is 0 Å². The van der Waals surface area contributed by atoms with Crippen molar-refractivity contribution < 1.29 is 0 Å². The summed E-state index contributed by atoms with van der Waals surface area (Å²) in [6.07, 6.45) is 12.1. The van der Waals surface area contributed by atoms with E-state index in [2.05, 4.69) is 212 Å². The van der Waals surface area contributed by atoms with E-state index in [1.165, 1.54) is 77.8 Å². The van der Waals surface area contributed by atoms with E-state index in [0.29, 0.717) is 0 Å². The normalized spacial score (nSPS) is 21.6. The van der Waals surface area contributed by atoms with Gasteiger partial charge < -0.3 is 4.90 Å². The van der Waals surface area contributed by atoms with Crippen LogP contribution in [0.1, 0.15) is 148 Å². The molecule has 6 aromatic rings. The van der Waals surface area contributed by atoms with E-state index in [9.17, 15) is 0 Å². The maximum Gasteiger partial charge on any atom is 0.0600 e. The van der Waals surface area contributed by atoms with Gasteiger partial charge in [-0.25, -0.2) is 0 Å². The zero-order valence-corrected chi connectivity index (χ0v) is 40.1. The molecule has 0 radical (unpaired) electrons. The van der Waals surface area contributed by atoms with E-state index >= 15 is 0 Å². The van der Waals surface area contributed by atoms with E-state index in [0.717, 1.165) is 32.1 Å². The Kier molecular flexibility index (Phi) is 8.33. The van der Waals surface area contributed by atoms with Crippen LogP contribution in [0, 0.1) is 0 Å². The fourth-order valence-corrected chi connectivity index (χ4v) is 14.8. The fourth-order valence-electron chi connectivity index (χ4n) is 14.8. The first-order valence-electron chi connectivity index (χ1n) is 24.8. The molecule has 2 atom stereocenters.